The summed E-state index contributed by atoms with van der Waals surface area (Å²) in [5, 5.41) is 0.822. The van der Waals surface area contributed by atoms with Crippen LogP contribution in [0, 0.1) is 0 Å². The number of hydrogen-bond acceptors (Lipinski definition) is 2. The van der Waals surface area contributed by atoms with Gasteiger partial charge in [-0.2, -0.15) is 11.8 Å². The monoisotopic (exact) mass is 172 g/mol. The van der Waals surface area contributed by atoms with Gasteiger partial charge in [0, 0.05) is 5.25 Å². The summed E-state index contributed by atoms with van der Waals surface area (Å²) in [6.45, 7) is 1.87. The largest absolute Gasteiger partial charge is 0.388 e. The third kappa shape index (κ3) is 2.73. The van der Waals surface area contributed by atoms with Crippen LogP contribution in [-0.4, -0.2) is 23.4 Å². The number of thioether (sulfide) groups is 1. The Kier molecular flexibility index (Phi) is 3.24. The van der Waals surface area contributed by atoms with Gasteiger partial charge in [-0.15, -0.1) is 0 Å². The average Bonchev–Trinajstić information content (AvgIpc) is 2.34. The van der Waals surface area contributed by atoms with Gasteiger partial charge in [0.05, 0.1) is 11.9 Å². The number of nitrogens with two attached hydrogens (primary N) is 1. The number of amidine groups is 1. The fraction of sp³-hybridized carbons (Fsp3) is 0.875. The van der Waals surface area contributed by atoms with Crippen LogP contribution >= 0.6 is 11.8 Å². The lowest BCUT2D eigenvalue weighted by Gasteiger charge is -2.04. The van der Waals surface area contributed by atoms with Gasteiger partial charge in [-0.3, -0.25) is 4.99 Å². The molecule has 0 saturated heterocycles. The quantitative estimate of drug-likeness (QED) is 0.508. The van der Waals surface area contributed by atoms with E-state index in [1.54, 1.807) is 0 Å². The minimum atomic E-state index is 0.512. The van der Waals surface area contributed by atoms with Crippen molar-refractivity contribution in [3.8, 4) is 0 Å². The summed E-state index contributed by atoms with van der Waals surface area (Å²) < 4.78 is 0. The summed E-state index contributed by atoms with van der Waals surface area (Å²) in [6.07, 6.45) is 5.92. The minimum absolute atomic E-state index is 0.512. The Balaban J connectivity index is 2.36. The van der Waals surface area contributed by atoms with Crippen LogP contribution in [0.25, 0.3) is 0 Å². The zero-order valence-corrected chi connectivity index (χ0v) is 8.03. The van der Waals surface area contributed by atoms with Crippen molar-refractivity contribution in [3.63, 3.8) is 0 Å². The smallest absolute Gasteiger partial charge is 0.0909 e. The zero-order chi connectivity index (χ0) is 8.27. The maximum atomic E-state index is 5.50. The molecule has 1 aliphatic carbocycles. The van der Waals surface area contributed by atoms with E-state index in [4.69, 9.17) is 5.73 Å². The van der Waals surface area contributed by atoms with Crippen molar-refractivity contribution < 1.29 is 0 Å². The molecule has 0 aromatic rings. The Bertz CT molecular complexity index is 152. The predicted molar refractivity (Wildman–Crippen MR) is 52.2 cm³/mol. The van der Waals surface area contributed by atoms with E-state index in [2.05, 4.69) is 11.2 Å². The van der Waals surface area contributed by atoms with Crippen molar-refractivity contribution in [1.29, 1.82) is 0 Å². The van der Waals surface area contributed by atoms with Crippen LogP contribution in [0.1, 0.15) is 26.2 Å². The highest BCUT2D eigenvalue weighted by atomic mass is 32.2. The molecular weight excluding hydrogens is 156 g/mol. The molecule has 0 spiro atoms. The van der Waals surface area contributed by atoms with Crippen LogP contribution in [0.5, 0.6) is 0 Å². The lowest BCUT2D eigenvalue weighted by molar-refractivity contribution is 0.707. The number of rotatable bonds is 2. The molecule has 0 heterocycles. The van der Waals surface area contributed by atoms with Crippen molar-refractivity contribution >= 4 is 17.6 Å². The second kappa shape index (κ2) is 4.00. The van der Waals surface area contributed by atoms with E-state index in [0.717, 1.165) is 11.1 Å². The Morgan fingerprint density at radius 2 is 2.27 bits per heavy atom. The number of aliphatic imine (C=N–C) groups is 1. The van der Waals surface area contributed by atoms with Crippen LogP contribution in [0.4, 0.5) is 0 Å². The van der Waals surface area contributed by atoms with Crippen LogP contribution in [0.3, 0.4) is 0 Å². The molecule has 0 radical (unpaired) electrons. The molecule has 1 fully saturated rings. The van der Waals surface area contributed by atoms with Crippen molar-refractivity contribution in [2.75, 3.05) is 6.26 Å². The second-order valence-electron chi connectivity index (χ2n) is 3.10. The molecule has 0 bridgehead atoms. The van der Waals surface area contributed by atoms with E-state index in [1.807, 2.05) is 18.7 Å². The first kappa shape index (κ1) is 8.91. The fourth-order valence-corrected chi connectivity index (χ4v) is 2.32. The second-order valence-corrected chi connectivity index (χ2v) is 4.23. The molecule has 0 aliphatic heterocycles. The Morgan fingerprint density at radius 1 is 1.55 bits per heavy atom. The summed E-state index contributed by atoms with van der Waals surface area (Å²) in [6, 6.07) is 0.512. The molecule has 2 unspecified atom stereocenters. The third-order valence-corrected chi connectivity index (χ3v) is 3.17. The van der Waals surface area contributed by atoms with Crippen LogP contribution in [-0.2, 0) is 0 Å². The molecule has 0 aromatic heterocycles. The first-order chi connectivity index (χ1) is 5.22. The normalized spacial score (nSPS) is 32.7. The van der Waals surface area contributed by atoms with Crippen LogP contribution in [0.15, 0.2) is 4.99 Å². The van der Waals surface area contributed by atoms with Crippen LogP contribution in [0.2, 0.25) is 0 Å². The molecular formula is C8H16N2S. The fourth-order valence-electron chi connectivity index (χ4n) is 1.54. The lowest BCUT2D eigenvalue weighted by atomic mass is 10.3. The van der Waals surface area contributed by atoms with Crippen molar-refractivity contribution in [2.24, 2.45) is 10.7 Å². The third-order valence-electron chi connectivity index (χ3n) is 2.08. The summed E-state index contributed by atoms with van der Waals surface area (Å²) in [5.41, 5.74) is 5.50. The molecule has 1 aliphatic rings. The predicted octanol–water partition coefficient (Wildman–Crippen LogP) is 1.65. The maximum absolute atomic E-state index is 5.50. The average molecular weight is 172 g/mol. The van der Waals surface area contributed by atoms with Gasteiger partial charge in [0.25, 0.3) is 0 Å². The molecule has 1 rings (SSSR count). The number of nitrogens with zero attached hydrogens (tertiary/aromatic N) is 1. The van der Waals surface area contributed by atoms with E-state index in [9.17, 15) is 0 Å². The van der Waals surface area contributed by atoms with Gasteiger partial charge >= 0.3 is 0 Å². The van der Waals surface area contributed by atoms with Gasteiger partial charge in [-0.1, -0.05) is 0 Å². The van der Waals surface area contributed by atoms with Gasteiger partial charge in [0.1, 0.15) is 0 Å². The van der Waals surface area contributed by atoms with Crippen molar-refractivity contribution in [3.05, 3.63) is 0 Å². The molecule has 0 aromatic carbocycles. The molecule has 0 amide bonds. The van der Waals surface area contributed by atoms with Gasteiger partial charge in [0.2, 0.25) is 0 Å². The van der Waals surface area contributed by atoms with E-state index in [0.29, 0.717) is 6.04 Å². The highest BCUT2D eigenvalue weighted by Crippen LogP contribution is 2.29. The zero-order valence-electron chi connectivity index (χ0n) is 7.21. The molecule has 2 atom stereocenters. The standard InChI is InChI=1S/C8H16N2S/c1-6(9)10-7-3-4-8(5-7)11-2/h7-8H,3-5H2,1-2H3,(H2,9,10). The van der Waals surface area contributed by atoms with E-state index < -0.39 is 0 Å². The Morgan fingerprint density at radius 3 is 2.73 bits per heavy atom. The van der Waals surface area contributed by atoms with Crippen molar-refractivity contribution in [1.82, 2.24) is 0 Å². The van der Waals surface area contributed by atoms with Gasteiger partial charge in [0.15, 0.2) is 0 Å². The lowest BCUT2D eigenvalue weighted by Crippen LogP contribution is -2.11. The van der Waals surface area contributed by atoms with Crippen LogP contribution < -0.4 is 5.73 Å². The highest BCUT2D eigenvalue weighted by Gasteiger charge is 2.22. The first-order valence-electron chi connectivity index (χ1n) is 4.05. The molecule has 11 heavy (non-hydrogen) atoms. The molecule has 64 valence electrons. The van der Waals surface area contributed by atoms with Crippen molar-refractivity contribution in [2.45, 2.75) is 37.5 Å². The topological polar surface area (TPSA) is 38.4 Å². The van der Waals surface area contributed by atoms with Gasteiger partial charge < -0.3 is 5.73 Å². The molecule has 1 saturated carbocycles. The molecule has 2 nitrogen and oxygen atoms in total. The van der Waals surface area contributed by atoms with E-state index in [-0.39, 0.29) is 0 Å². The van der Waals surface area contributed by atoms with Gasteiger partial charge in [-0.05, 0) is 32.4 Å². The minimum Gasteiger partial charge on any atom is -0.388 e. The molecule has 2 N–H and O–H groups in total. The SMILES string of the molecule is CSC1CCC(N=C(C)N)C1. The summed E-state index contributed by atoms with van der Waals surface area (Å²) >= 11 is 1.95. The summed E-state index contributed by atoms with van der Waals surface area (Å²) in [5.74, 6) is 0.733. The number of hydrogen-bond donors (Lipinski definition) is 1. The maximum Gasteiger partial charge on any atom is 0.0909 e. The Hall–Kier alpha value is -0.180. The van der Waals surface area contributed by atoms with E-state index in [1.165, 1.54) is 19.3 Å². The highest BCUT2D eigenvalue weighted by molar-refractivity contribution is 7.99. The van der Waals surface area contributed by atoms with E-state index >= 15 is 0 Å². The summed E-state index contributed by atoms with van der Waals surface area (Å²) in [4.78, 5) is 4.36. The molecule has 3 heteroatoms. The summed E-state index contributed by atoms with van der Waals surface area (Å²) in [7, 11) is 0. The first-order valence-corrected chi connectivity index (χ1v) is 5.34. The van der Waals surface area contributed by atoms with Gasteiger partial charge in [-0.25, -0.2) is 0 Å². The Labute approximate surface area is 72.6 Å².